The van der Waals surface area contributed by atoms with Crippen molar-refractivity contribution in [1.82, 2.24) is 19.0 Å². The van der Waals surface area contributed by atoms with E-state index in [1.54, 1.807) is 6.20 Å². The number of sulfonamides is 1. The molecular weight excluding hydrogens is 332 g/mol. The van der Waals surface area contributed by atoms with Crippen molar-refractivity contribution < 1.29 is 17.9 Å². The molecule has 0 unspecified atom stereocenters. The summed E-state index contributed by atoms with van der Waals surface area (Å²) in [4.78, 5) is 16.6. The van der Waals surface area contributed by atoms with Crippen molar-refractivity contribution in [3.05, 3.63) is 35.8 Å². The number of pyridine rings is 1. The summed E-state index contributed by atoms with van der Waals surface area (Å²) in [6.07, 6.45) is 2.49. The van der Waals surface area contributed by atoms with Gasteiger partial charge in [0, 0.05) is 31.5 Å². The lowest BCUT2D eigenvalue weighted by molar-refractivity contribution is 0.000415. The van der Waals surface area contributed by atoms with Crippen LogP contribution in [0.2, 0.25) is 0 Å². The number of morpholine rings is 1. The molecule has 0 aromatic carbocycles. The first-order chi connectivity index (χ1) is 11.3. The Morgan fingerprint density at radius 3 is 2.96 bits per heavy atom. The summed E-state index contributed by atoms with van der Waals surface area (Å²) in [6, 6.07) is 5.65. The molecule has 1 N–H and O–H groups in total. The predicted molar refractivity (Wildman–Crippen MR) is 88.4 cm³/mol. The van der Waals surface area contributed by atoms with Crippen molar-refractivity contribution in [1.29, 1.82) is 0 Å². The molecule has 2 aromatic rings. The third kappa shape index (κ3) is 3.58. The molecule has 9 heteroatoms. The van der Waals surface area contributed by atoms with Crippen LogP contribution in [0.25, 0.3) is 5.65 Å². The van der Waals surface area contributed by atoms with Gasteiger partial charge in [0.05, 0.1) is 19.0 Å². The molecule has 130 valence electrons. The number of ether oxygens (including phenoxy) is 1. The van der Waals surface area contributed by atoms with Gasteiger partial charge in [-0.2, -0.15) is 4.31 Å². The Bertz CT molecular complexity index is 861. The standard InChI is InChI=1S/C15H20N4O4S/c1-11-4-3-5-14-17-13(10-19(11)14)15(20)16-8-12-9-18(6-7-23-12)24(2,21)22/h3-5,10,12H,6-9H2,1-2H3,(H,16,20)/t12-/m0/s1. The van der Waals surface area contributed by atoms with Crippen LogP contribution in [0.1, 0.15) is 16.2 Å². The van der Waals surface area contributed by atoms with Gasteiger partial charge in [0.25, 0.3) is 5.91 Å². The number of aromatic nitrogens is 2. The van der Waals surface area contributed by atoms with Crippen molar-refractivity contribution in [2.24, 2.45) is 0 Å². The number of rotatable bonds is 4. The second-order valence-electron chi connectivity index (χ2n) is 5.85. The maximum absolute atomic E-state index is 12.3. The second-order valence-corrected chi connectivity index (χ2v) is 7.83. The maximum atomic E-state index is 12.3. The van der Waals surface area contributed by atoms with E-state index in [2.05, 4.69) is 10.3 Å². The largest absolute Gasteiger partial charge is 0.374 e. The minimum Gasteiger partial charge on any atom is -0.374 e. The van der Waals surface area contributed by atoms with Gasteiger partial charge in [-0.1, -0.05) is 6.07 Å². The smallest absolute Gasteiger partial charge is 0.271 e. The number of hydrogen-bond acceptors (Lipinski definition) is 5. The number of hydrogen-bond donors (Lipinski definition) is 1. The molecule has 1 atom stereocenters. The Labute approximate surface area is 140 Å². The van der Waals surface area contributed by atoms with Crippen molar-refractivity contribution in [2.45, 2.75) is 13.0 Å². The first kappa shape index (κ1) is 16.9. The molecule has 1 fully saturated rings. The zero-order valence-electron chi connectivity index (χ0n) is 13.6. The van der Waals surface area contributed by atoms with Crippen LogP contribution in [0, 0.1) is 6.92 Å². The van der Waals surface area contributed by atoms with Gasteiger partial charge in [-0.3, -0.25) is 4.79 Å². The molecule has 0 bridgehead atoms. The normalized spacial score (nSPS) is 19.5. The summed E-state index contributed by atoms with van der Waals surface area (Å²) in [5.41, 5.74) is 2.01. The number of fused-ring (bicyclic) bond motifs is 1. The highest BCUT2D eigenvalue weighted by molar-refractivity contribution is 7.88. The van der Waals surface area contributed by atoms with E-state index in [1.807, 2.05) is 29.5 Å². The molecule has 1 amide bonds. The molecule has 3 rings (SSSR count). The quantitative estimate of drug-likeness (QED) is 0.838. The summed E-state index contributed by atoms with van der Waals surface area (Å²) < 4.78 is 31.9. The number of aryl methyl sites for hydroxylation is 1. The van der Waals surface area contributed by atoms with Crippen molar-refractivity contribution in [2.75, 3.05) is 32.5 Å². The number of carbonyl (C=O) groups excluding carboxylic acids is 1. The van der Waals surface area contributed by atoms with E-state index in [4.69, 9.17) is 4.74 Å². The Hall–Kier alpha value is -1.97. The molecule has 1 aliphatic heterocycles. The van der Waals surface area contributed by atoms with E-state index in [0.29, 0.717) is 24.5 Å². The molecule has 0 aliphatic carbocycles. The summed E-state index contributed by atoms with van der Waals surface area (Å²) in [7, 11) is -3.25. The lowest BCUT2D eigenvalue weighted by Crippen LogP contribution is -2.49. The van der Waals surface area contributed by atoms with E-state index in [-0.39, 0.29) is 25.1 Å². The Balaban J connectivity index is 1.63. The van der Waals surface area contributed by atoms with E-state index < -0.39 is 10.0 Å². The fourth-order valence-electron chi connectivity index (χ4n) is 2.67. The first-order valence-electron chi connectivity index (χ1n) is 7.64. The number of nitrogens with one attached hydrogen (secondary N) is 1. The Kier molecular flexibility index (Phi) is 4.57. The van der Waals surface area contributed by atoms with Gasteiger partial charge in [0.15, 0.2) is 0 Å². The zero-order chi connectivity index (χ0) is 17.3. The van der Waals surface area contributed by atoms with Gasteiger partial charge in [-0.25, -0.2) is 13.4 Å². The third-order valence-electron chi connectivity index (χ3n) is 3.99. The van der Waals surface area contributed by atoms with Gasteiger partial charge >= 0.3 is 0 Å². The third-order valence-corrected chi connectivity index (χ3v) is 5.26. The average molecular weight is 352 g/mol. The highest BCUT2D eigenvalue weighted by Gasteiger charge is 2.27. The van der Waals surface area contributed by atoms with E-state index >= 15 is 0 Å². The van der Waals surface area contributed by atoms with Crippen LogP contribution in [0.5, 0.6) is 0 Å². The summed E-state index contributed by atoms with van der Waals surface area (Å²) >= 11 is 0. The summed E-state index contributed by atoms with van der Waals surface area (Å²) in [6.45, 7) is 3.07. The maximum Gasteiger partial charge on any atom is 0.271 e. The number of carbonyl (C=O) groups is 1. The van der Waals surface area contributed by atoms with Crippen LogP contribution in [0.3, 0.4) is 0 Å². The number of imidazole rings is 1. The van der Waals surface area contributed by atoms with Gasteiger partial charge in [0.2, 0.25) is 10.0 Å². The van der Waals surface area contributed by atoms with Crippen LogP contribution in [-0.4, -0.2) is 66.6 Å². The molecule has 0 radical (unpaired) electrons. The van der Waals surface area contributed by atoms with Gasteiger partial charge < -0.3 is 14.5 Å². The van der Waals surface area contributed by atoms with Crippen LogP contribution in [0.15, 0.2) is 24.4 Å². The lowest BCUT2D eigenvalue weighted by atomic mass is 10.3. The predicted octanol–water partition coefficient (Wildman–Crippen LogP) is 0.0329. The molecule has 8 nitrogen and oxygen atoms in total. The highest BCUT2D eigenvalue weighted by Crippen LogP contribution is 2.10. The average Bonchev–Trinajstić information content (AvgIpc) is 2.98. The molecule has 2 aromatic heterocycles. The summed E-state index contributed by atoms with van der Waals surface area (Å²) in [5.74, 6) is -0.307. The lowest BCUT2D eigenvalue weighted by Gasteiger charge is -2.31. The van der Waals surface area contributed by atoms with Gasteiger partial charge in [-0.05, 0) is 19.1 Å². The van der Waals surface area contributed by atoms with Crippen molar-refractivity contribution >= 4 is 21.6 Å². The molecule has 0 spiro atoms. The van der Waals surface area contributed by atoms with E-state index in [9.17, 15) is 13.2 Å². The van der Waals surface area contributed by atoms with Crippen molar-refractivity contribution in [3.8, 4) is 0 Å². The molecule has 24 heavy (non-hydrogen) atoms. The molecular formula is C15H20N4O4S. The monoisotopic (exact) mass is 352 g/mol. The molecule has 3 heterocycles. The minimum atomic E-state index is -3.25. The Morgan fingerprint density at radius 1 is 1.46 bits per heavy atom. The topological polar surface area (TPSA) is 93.0 Å². The van der Waals surface area contributed by atoms with E-state index in [1.165, 1.54) is 10.6 Å². The second kappa shape index (κ2) is 6.50. The van der Waals surface area contributed by atoms with Crippen LogP contribution in [0.4, 0.5) is 0 Å². The Morgan fingerprint density at radius 2 is 2.25 bits per heavy atom. The van der Waals surface area contributed by atoms with Crippen LogP contribution in [-0.2, 0) is 14.8 Å². The number of nitrogens with zero attached hydrogens (tertiary/aromatic N) is 3. The fourth-order valence-corrected chi connectivity index (χ4v) is 3.52. The van der Waals surface area contributed by atoms with Gasteiger partial charge in [0.1, 0.15) is 11.3 Å². The molecule has 1 saturated heterocycles. The van der Waals surface area contributed by atoms with Crippen molar-refractivity contribution in [3.63, 3.8) is 0 Å². The molecule has 0 saturated carbocycles. The van der Waals surface area contributed by atoms with E-state index in [0.717, 1.165) is 5.69 Å². The highest BCUT2D eigenvalue weighted by atomic mass is 32.2. The first-order valence-corrected chi connectivity index (χ1v) is 9.49. The summed E-state index contributed by atoms with van der Waals surface area (Å²) in [5, 5.41) is 2.76. The molecule has 1 aliphatic rings. The zero-order valence-corrected chi connectivity index (χ0v) is 14.4. The fraction of sp³-hybridized carbons (Fsp3) is 0.467. The van der Waals surface area contributed by atoms with Crippen LogP contribution >= 0.6 is 0 Å². The number of amides is 1. The van der Waals surface area contributed by atoms with Crippen LogP contribution < -0.4 is 5.32 Å². The van der Waals surface area contributed by atoms with Gasteiger partial charge in [-0.15, -0.1) is 0 Å². The SMILES string of the molecule is Cc1cccc2nc(C(=O)NC[C@H]3CN(S(C)(=O)=O)CCO3)cn12. The minimum absolute atomic E-state index is 0.234.